The van der Waals surface area contributed by atoms with E-state index >= 15 is 0 Å². The van der Waals surface area contributed by atoms with E-state index in [0.29, 0.717) is 0 Å². The van der Waals surface area contributed by atoms with Crippen LogP contribution in [0.2, 0.25) is 0 Å². The van der Waals surface area contributed by atoms with Crippen molar-refractivity contribution in [2.45, 2.75) is 11.3 Å². The fourth-order valence-corrected chi connectivity index (χ4v) is 2.13. The minimum atomic E-state index is -4.29. The number of rotatable bonds is 4. The van der Waals surface area contributed by atoms with E-state index in [4.69, 9.17) is 10.9 Å². The molecule has 0 aliphatic rings. The molecule has 0 spiro atoms. The van der Waals surface area contributed by atoms with Crippen molar-refractivity contribution in [3.05, 3.63) is 33.6 Å². The van der Waals surface area contributed by atoms with Crippen molar-refractivity contribution in [2.75, 3.05) is 6.54 Å². The van der Waals surface area contributed by atoms with E-state index in [2.05, 4.69) is 0 Å². The lowest BCUT2D eigenvalue weighted by Crippen LogP contribution is -2.17. The number of nitrogens with two attached hydrogens (primary N) is 2. The van der Waals surface area contributed by atoms with Crippen LogP contribution in [-0.4, -0.2) is 19.9 Å². The van der Waals surface area contributed by atoms with Crippen molar-refractivity contribution in [3.63, 3.8) is 0 Å². The lowest BCUT2D eigenvalue weighted by molar-refractivity contribution is -0.388. The number of primary sulfonamides is 1. The first-order valence-corrected chi connectivity index (χ1v) is 6.02. The van der Waals surface area contributed by atoms with E-state index in [-0.39, 0.29) is 18.5 Å². The van der Waals surface area contributed by atoms with Crippen molar-refractivity contribution in [2.24, 2.45) is 10.9 Å². The predicted molar refractivity (Wildman–Crippen MR) is 57.2 cm³/mol. The van der Waals surface area contributed by atoms with Gasteiger partial charge in [0.15, 0.2) is 4.90 Å². The molecule has 0 saturated carbocycles. The minimum absolute atomic E-state index is 0.0498. The normalized spacial score (nSPS) is 11.5. The van der Waals surface area contributed by atoms with Crippen molar-refractivity contribution in [1.29, 1.82) is 0 Å². The van der Waals surface area contributed by atoms with Gasteiger partial charge in [0, 0.05) is 0 Å². The molecule has 94 valence electrons. The number of nitro groups is 1. The van der Waals surface area contributed by atoms with E-state index in [9.17, 15) is 22.9 Å². The summed E-state index contributed by atoms with van der Waals surface area (Å²) in [4.78, 5) is 9.10. The summed E-state index contributed by atoms with van der Waals surface area (Å²) in [5.41, 5.74) is 3.98. The highest BCUT2D eigenvalue weighted by Crippen LogP contribution is 2.29. The highest BCUT2D eigenvalue weighted by molar-refractivity contribution is 7.89. The summed E-state index contributed by atoms with van der Waals surface area (Å²) in [5, 5.41) is 15.6. The average Bonchev–Trinajstić information content (AvgIpc) is 2.18. The molecule has 1 rings (SSSR count). The summed E-state index contributed by atoms with van der Waals surface area (Å²) < 4.78 is 35.7. The number of nitro benzene ring substituents is 1. The molecule has 0 fully saturated rings. The van der Waals surface area contributed by atoms with Crippen LogP contribution in [0.4, 0.5) is 10.1 Å². The molecule has 0 aliphatic carbocycles. The van der Waals surface area contributed by atoms with Crippen LogP contribution in [0.5, 0.6) is 0 Å². The number of hydrogen-bond donors (Lipinski definition) is 2. The van der Waals surface area contributed by atoms with Crippen LogP contribution in [0.25, 0.3) is 0 Å². The number of hydrogen-bond acceptors (Lipinski definition) is 5. The maximum absolute atomic E-state index is 13.4. The molecule has 0 saturated heterocycles. The molecular weight excluding hydrogens is 253 g/mol. The molecule has 1 aromatic carbocycles. The number of sulfonamides is 1. The molecule has 0 aromatic heterocycles. The Bertz CT molecular complexity index is 558. The fourth-order valence-electron chi connectivity index (χ4n) is 1.40. The van der Waals surface area contributed by atoms with Gasteiger partial charge in [-0.3, -0.25) is 10.1 Å². The second-order valence-corrected chi connectivity index (χ2v) is 4.74. The Balaban J connectivity index is 3.65. The topological polar surface area (TPSA) is 129 Å². The van der Waals surface area contributed by atoms with Crippen molar-refractivity contribution >= 4 is 15.7 Å². The third kappa shape index (κ3) is 2.75. The van der Waals surface area contributed by atoms with Gasteiger partial charge in [-0.25, -0.2) is 17.9 Å². The van der Waals surface area contributed by atoms with Gasteiger partial charge in [0.1, 0.15) is 5.82 Å². The number of benzene rings is 1. The quantitative estimate of drug-likeness (QED) is 0.578. The summed E-state index contributed by atoms with van der Waals surface area (Å²) in [5.74, 6) is -0.880. The molecule has 0 radical (unpaired) electrons. The predicted octanol–water partition coefficient (Wildman–Crippen LogP) is -0.117. The van der Waals surface area contributed by atoms with Gasteiger partial charge in [-0.2, -0.15) is 0 Å². The Morgan fingerprint density at radius 2 is 2.00 bits per heavy atom. The Kier molecular flexibility index (Phi) is 3.76. The molecule has 0 bridgehead atoms. The number of halogens is 1. The third-order valence-electron chi connectivity index (χ3n) is 2.07. The number of nitrogens with zero attached hydrogens (tertiary/aromatic N) is 1. The smallest absolute Gasteiger partial charge is 0.295 e. The van der Waals surface area contributed by atoms with E-state index in [1.54, 1.807) is 0 Å². The maximum atomic E-state index is 13.4. The standard InChI is InChI=1S/C8H10FN3O4S/c9-6-1-2-7(17(11,15)16)8(12(13)14)5(6)3-4-10/h1-2H,3-4,10H2,(H2,11,15,16). The zero-order chi connectivity index (χ0) is 13.2. The molecule has 4 N–H and O–H groups in total. The monoisotopic (exact) mass is 263 g/mol. The zero-order valence-corrected chi connectivity index (χ0v) is 9.41. The molecule has 0 atom stereocenters. The van der Waals surface area contributed by atoms with Gasteiger partial charge >= 0.3 is 0 Å². The van der Waals surface area contributed by atoms with Crippen molar-refractivity contribution in [3.8, 4) is 0 Å². The molecular formula is C8H10FN3O4S. The van der Waals surface area contributed by atoms with Gasteiger partial charge in [-0.15, -0.1) is 0 Å². The summed E-state index contributed by atoms with van der Waals surface area (Å²) >= 11 is 0. The van der Waals surface area contributed by atoms with Crippen LogP contribution < -0.4 is 10.9 Å². The SMILES string of the molecule is NCCc1c(F)ccc(S(N)(=O)=O)c1[N+](=O)[O-]. The highest BCUT2D eigenvalue weighted by Gasteiger charge is 2.28. The van der Waals surface area contributed by atoms with E-state index in [1.165, 1.54) is 0 Å². The van der Waals surface area contributed by atoms with Crippen molar-refractivity contribution < 1.29 is 17.7 Å². The zero-order valence-electron chi connectivity index (χ0n) is 8.59. The molecule has 0 heterocycles. The molecule has 9 heteroatoms. The van der Waals surface area contributed by atoms with Gasteiger partial charge in [0.05, 0.1) is 10.5 Å². The molecule has 0 unspecified atom stereocenters. The summed E-state index contributed by atoms with van der Waals surface area (Å²) in [7, 11) is -4.29. The molecule has 0 amide bonds. The second-order valence-electron chi connectivity index (χ2n) is 3.21. The Morgan fingerprint density at radius 1 is 1.41 bits per heavy atom. The van der Waals surface area contributed by atoms with Gasteiger partial charge in [0.25, 0.3) is 5.69 Å². The van der Waals surface area contributed by atoms with Crippen LogP contribution in [0.3, 0.4) is 0 Å². The molecule has 1 aromatic rings. The lowest BCUT2D eigenvalue weighted by Gasteiger charge is -2.06. The lowest BCUT2D eigenvalue weighted by atomic mass is 10.1. The molecule has 0 aliphatic heterocycles. The summed E-state index contributed by atoms with van der Waals surface area (Å²) in [6, 6.07) is 1.58. The first-order chi connectivity index (χ1) is 7.79. The molecule has 17 heavy (non-hydrogen) atoms. The Morgan fingerprint density at radius 3 is 2.41 bits per heavy atom. The van der Waals surface area contributed by atoms with Crippen LogP contribution in [0.1, 0.15) is 5.56 Å². The van der Waals surface area contributed by atoms with Gasteiger partial charge < -0.3 is 5.73 Å². The minimum Gasteiger partial charge on any atom is -0.330 e. The van der Waals surface area contributed by atoms with Crippen LogP contribution >= 0.6 is 0 Å². The average molecular weight is 263 g/mol. The van der Waals surface area contributed by atoms with E-state index in [1.807, 2.05) is 0 Å². The maximum Gasteiger partial charge on any atom is 0.295 e. The third-order valence-corrected chi connectivity index (χ3v) is 3.01. The van der Waals surface area contributed by atoms with Crippen LogP contribution in [-0.2, 0) is 16.4 Å². The fraction of sp³-hybridized carbons (Fsp3) is 0.250. The summed E-state index contributed by atoms with van der Waals surface area (Å²) in [6.45, 7) is -0.0498. The van der Waals surface area contributed by atoms with E-state index < -0.39 is 31.3 Å². The van der Waals surface area contributed by atoms with E-state index in [0.717, 1.165) is 12.1 Å². The largest absolute Gasteiger partial charge is 0.330 e. The Labute approximate surface area is 96.4 Å². The van der Waals surface area contributed by atoms with Gasteiger partial charge in [-0.1, -0.05) is 0 Å². The Hall–Kier alpha value is -1.58. The first kappa shape index (κ1) is 13.5. The van der Waals surface area contributed by atoms with Crippen molar-refractivity contribution in [1.82, 2.24) is 0 Å². The second kappa shape index (κ2) is 4.73. The summed E-state index contributed by atoms with van der Waals surface area (Å²) in [6.07, 6.45) is -0.147. The van der Waals surface area contributed by atoms with Crippen LogP contribution in [0.15, 0.2) is 17.0 Å². The first-order valence-electron chi connectivity index (χ1n) is 4.47. The highest BCUT2D eigenvalue weighted by atomic mass is 32.2. The molecule has 7 nitrogen and oxygen atoms in total. The van der Waals surface area contributed by atoms with Crippen LogP contribution in [0, 0.1) is 15.9 Å². The van der Waals surface area contributed by atoms with Gasteiger partial charge in [0.2, 0.25) is 10.0 Å². The van der Waals surface area contributed by atoms with Gasteiger partial charge in [-0.05, 0) is 25.1 Å².